The first-order valence-electron chi connectivity index (χ1n) is 6.92. The molecule has 6 nitrogen and oxygen atoms in total. The molecule has 0 aliphatic carbocycles. The molecule has 0 spiro atoms. The quantitative estimate of drug-likeness (QED) is 0.878. The first-order valence-corrected chi connectivity index (χ1v) is 6.92. The zero-order valence-corrected chi connectivity index (χ0v) is 12.2. The first-order chi connectivity index (χ1) is 9.97. The zero-order valence-electron chi connectivity index (χ0n) is 12.2. The van der Waals surface area contributed by atoms with Crippen LogP contribution in [0.2, 0.25) is 0 Å². The van der Waals surface area contributed by atoms with Crippen LogP contribution in [0.5, 0.6) is 5.75 Å². The van der Waals surface area contributed by atoms with Crippen molar-refractivity contribution in [3.63, 3.8) is 0 Å². The number of hydrogen-bond acceptors (Lipinski definition) is 3. The van der Waals surface area contributed by atoms with Crippen LogP contribution in [0.1, 0.15) is 12.5 Å². The molecule has 0 saturated heterocycles. The fourth-order valence-corrected chi connectivity index (χ4v) is 2.28. The number of carboxylic acid groups (broad SMARTS) is 1. The van der Waals surface area contributed by atoms with E-state index in [1.54, 1.807) is 14.0 Å². The molecule has 0 bridgehead atoms. The van der Waals surface area contributed by atoms with Gasteiger partial charge in [0.1, 0.15) is 12.4 Å². The highest BCUT2D eigenvalue weighted by molar-refractivity contribution is 5.76. The maximum absolute atomic E-state index is 12.0. The van der Waals surface area contributed by atoms with Crippen LogP contribution in [0.4, 0.5) is 4.79 Å². The number of nitrogens with zero attached hydrogens (tertiary/aromatic N) is 1. The second-order valence-corrected chi connectivity index (χ2v) is 5.39. The van der Waals surface area contributed by atoms with Crippen LogP contribution in [0.15, 0.2) is 24.3 Å². The van der Waals surface area contributed by atoms with Gasteiger partial charge in [-0.1, -0.05) is 25.1 Å². The average Bonchev–Trinajstić information content (AvgIpc) is 2.46. The van der Waals surface area contributed by atoms with E-state index >= 15 is 0 Å². The van der Waals surface area contributed by atoms with Gasteiger partial charge < -0.3 is 20.1 Å². The third-order valence-corrected chi connectivity index (χ3v) is 3.52. The minimum absolute atomic E-state index is 0.102. The summed E-state index contributed by atoms with van der Waals surface area (Å²) in [6.07, 6.45) is 0.713. The van der Waals surface area contributed by atoms with Crippen molar-refractivity contribution in [2.45, 2.75) is 19.4 Å². The summed E-state index contributed by atoms with van der Waals surface area (Å²) in [6, 6.07) is 7.36. The molecule has 1 heterocycles. The maximum atomic E-state index is 12.0. The molecule has 0 radical (unpaired) electrons. The molecule has 2 atom stereocenters. The Morgan fingerprint density at radius 2 is 2.19 bits per heavy atom. The maximum Gasteiger partial charge on any atom is 0.317 e. The second kappa shape index (κ2) is 6.47. The van der Waals surface area contributed by atoms with Crippen LogP contribution in [0.25, 0.3) is 0 Å². The molecule has 2 unspecified atom stereocenters. The summed E-state index contributed by atoms with van der Waals surface area (Å²) in [7, 11) is 1.59. The van der Waals surface area contributed by atoms with E-state index < -0.39 is 11.9 Å². The van der Waals surface area contributed by atoms with Crippen LogP contribution in [-0.2, 0) is 11.2 Å². The number of aliphatic carboxylic acids is 1. The van der Waals surface area contributed by atoms with E-state index in [1.165, 1.54) is 4.90 Å². The molecule has 2 N–H and O–H groups in total. The summed E-state index contributed by atoms with van der Waals surface area (Å²) in [5.41, 5.74) is 1.07. The van der Waals surface area contributed by atoms with Gasteiger partial charge in [0.2, 0.25) is 0 Å². The highest BCUT2D eigenvalue weighted by Crippen LogP contribution is 2.23. The Kier molecular flexibility index (Phi) is 4.67. The van der Waals surface area contributed by atoms with Gasteiger partial charge in [0, 0.05) is 13.6 Å². The van der Waals surface area contributed by atoms with Gasteiger partial charge in [-0.2, -0.15) is 0 Å². The normalized spacial score (nSPS) is 18.1. The van der Waals surface area contributed by atoms with Gasteiger partial charge in [0.25, 0.3) is 0 Å². The fraction of sp³-hybridized carbons (Fsp3) is 0.467. The van der Waals surface area contributed by atoms with E-state index in [4.69, 9.17) is 9.84 Å². The van der Waals surface area contributed by atoms with Crippen LogP contribution >= 0.6 is 0 Å². The Bertz CT molecular complexity index is 532. The molecule has 2 amide bonds. The smallest absolute Gasteiger partial charge is 0.317 e. The number of carboxylic acids is 1. The van der Waals surface area contributed by atoms with Gasteiger partial charge >= 0.3 is 12.0 Å². The number of rotatable bonds is 4. The van der Waals surface area contributed by atoms with E-state index in [0.717, 1.165) is 11.3 Å². The Hall–Kier alpha value is -2.24. The minimum Gasteiger partial charge on any atom is -0.491 e. The Morgan fingerprint density at radius 3 is 2.90 bits per heavy atom. The first kappa shape index (κ1) is 15.2. The Balaban J connectivity index is 1.88. The molecule has 6 heteroatoms. The molecule has 1 aliphatic rings. The minimum atomic E-state index is -0.912. The Labute approximate surface area is 123 Å². The number of hydrogen-bond donors (Lipinski definition) is 2. The van der Waals surface area contributed by atoms with Gasteiger partial charge in [-0.15, -0.1) is 0 Å². The third-order valence-electron chi connectivity index (χ3n) is 3.52. The monoisotopic (exact) mass is 292 g/mol. The van der Waals surface area contributed by atoms with Crippen molar-refractivity contribution in [3.05, 3.63) is 29.8 Å². The highest BCUT2D eigenvalue weighted by Gasteiger charge is 2.23. The van der Waals surface area contributed by atoms with Gasteiger partial charge in [-0.25, -0.2) is 4.79 Å². The molecule has 1 aromatic rings. The van der Waals surface area contributed by atoms with Crippen molar-refractivity contribution in [3.8, 4) is 5.75 Å². The molecule has 0 aromatic heterocycles. The van der Waals surface area contributed by atoms with Crippen molar-refractivity contribution in [1.82, 2.24) is 10.2 Å². The molecular formula is C15H20N2O4. The fourth-order valence-electron chi connectivity index (χ4n) is 2.28. The standard InChI is InChI=1S/C15H20N2O4/c1-10(14(18)19)8-17(2)15(20)16-12-7-11-5-3-4-6-13(11)21-9-12/h3-6,10,12H,7-9H2,1-2H3,(H,16,20)(H,18,19). The molecule has 1 aliphatic heterocycles. The number of carbonyl (C=O) groups excluding carboxylic acids is 1. The molecule has 1 aromatic carbocycles. The second-order valence-electron chi connectivity index (χ2n) is 5.39. The van der Waals surface area contributed by atoms with Crippen LogP contribution in [-0.4, -0.2) is 48.2 Å². The molecule has 114 valence electrons. The summed E-state index contributed by atoms with van der Waals surface area (Å²) < 4.78 is 5.61. The third kappa shape index (κ3) is 3.87. The van der Waals surface area contributed by atoms with Gasteiger partial charge in [0.05, 0.1) is 12.0 Å². The molecule has 2 rings (SSSR count). The van der Waals surface area contributed by atoms with Gasteiger partial charge in [-0.3, -0.25) is 4.79 Å². The molecule has 21 heavy (non-hydrogen) atoms. The lowest BCUT2D eigenvalue weighted by atomic mass is 10.0. The number of amides is 2. The lowest BCUT2D eigenvalue weighted by molar-refractivity contribution is -0.141. The van der Waals surface area contributed by atoms with E-state index in [9.17, 15) is 9.59 Å². The number of benzene rings is 1. The van der Waals surface area contributed by atoms with E-state index in [2.05, 4.69) is 5.32 Å². The lowest BCUT2D eigenvalue weighted by Gasteiger charge is -2.28. The number of para-hydroxylation sites is 1. The van der Waals surface area contributed by atoms with Crippen LogP contribution in [0.3, 0.4) is 0 Å². The van der Waals surface area contributed by atoms with E-state index in [-0.39, 0.29) is 18.6 Å². The van der Waals surface area contributed by atoms with E-state index in [0.29, 0.717) is 13.0 Å². The average molecular weight is 292 g/mol. The summed E-state index contributed by atoms with van der Waals surface area (Å²) >= 11 is 0. The van der Waals surface area contributed by atoms with Crippen molar-refractivity contribution >= 4 is 12.0 Å². The summed E-state index contributed by atoms with van der Waals surface area (Å²) in [5, 5.41) is 11.7. The van der Waals surface area contributed by atoms with Gasteiger partial charge in [0.15, 0.2) is 0 Å². The summed E-state index contributed by atoms with van der Waals surface area (Å²) in [4.78, 5) is 24.2. The van der Waals surface area contributed by atoms with Crippen LogP contribution < -0.4 is 10.1 Å². The Morgan fingerprint density at radius 1 is 1.48 bits per heavy atom. The highest BCUT2D eigenvalue weighted by atomic mass is 16.5. The predicted octanol–water partition coefficient (Wildman–Crippen LogP) is 1.35. The molecular weight excluding hydrogens is 272 g/mol. The van der Waals surface area contributed by atoms with Crippen LogP contribution in [0, 0.1) is 5.92 Å². The predicted molar refractivity (Wildman–Crippen MR) is 77.4 cm³/mol. The van der Waals surface area contributed by atoms with Gasteiger partial charge in [-0.05, 0) is 18.1 Å². The molecule has 0 saturated carbocycles. The summed E-state index contributed by atoms with van der Waals surface area (Å²) in [5.74, 6) is -0.649. The van der Waals surface area contributed by atoms with Crippen molar-refractivity contribution < 1.29 is 19.4 Å². The number of ether oxygens (including phenoxy) is 1. The largest absolute Gasteiger partial charge is 0.491 e. The number of fused-ring (bicyclic) bond motifs is 1. The van der Waals surface area contributed by atoms with Crippen molar-refractivity contribution in [2.75, 3.05) is 20.2 Å². The number of nitrogens with one attached hydrogen (secondary N) is 1. The zero-order chi connectivity index (χ0) is 15.4. The number of urea groups is 1. The topological polar surface area (TPSA) is 78.9 Å². The van der Waals surface area contributed by atoms with Crippen molar-refractivity contribution in [1.29, 1.82) is 0 Å². The summed E-state index contributed by atoms with van der Waals surface area (Å²) in [6.45, 7) is 2.17. The molecule has 0 fully saturated rings. The van der Waals surface area contributed by atoms with Crippen molar-refractivity contribution in [2.24, 2.45) is 5.92 Å². The number of carbonyl (C=O) groups is 2. The van der Waals surface area contributed by atoms with E-state index in [1.807, 2.05) is 24.3 Å². The SMILES string of the molecule is CC(CN(C)C(=O)NC1COc2ccccc2C1)C(=O)O. The lowest BCUT2D eigenvalue weighted by Crippen LogP contribution is -2.49.